The highest BCUT2D eigenvalue weighted by Crippen LogP contribution is 2.20. The van der Waals surface area contributed by atoms with Crippen LogP contribution in [0.15, 0.2) is 16.5 Å². The summed E-state index contributed by atoms with van der Waals surface area (Å²) in [6, 6.07) is 1.70. The number of thioether (sulfide) groups is 1. The molecule has 0 fully saturated rings. The summed E-state index contributed by atoms with van der Waals surface area (Å²) in [6.07, 6.45) is 0. The number of carboxylic acids is 1. The normalized spacial score (nSPS) is 11.8. The summed E-state index contributed by atoms with van der Waals surface area (Å²) >= 11 is 1.20. The number of carbonyl (C=O) groups excluding carboxylic acids is 1. The van der Waals surface area contributed by atoms with E-state index in [4.69, 9.17) is 9.52 Å². The van der Waals surface area contributed by atoms with Gasteiger partial charge in [0.25, 0.3) is 0 Å². The third-order valence-electron chi connectivity index (χ3n) is 2.03. The minimum Gasteiger partial charge on any atom is -0.480 e. The highest BCUT2D eigenvalue weighted by atomic mass is 32.2. The summed E-state index contributed by atoms with van der Waals surface area (Å²) in [4.78, 5) is 31.4. The fourth-order valence-electron chi connectivity index (χ4n) is 1.24. The lowest BCUT2D eigenvalue weighted by atomic mass is 10.3. The van der Waals surface area contributed by atoms with E-state index in [2.05, 4.69) is 5.32 Å². The minimum atomic E-state index is -1.13. The summed E-state index contributed by atoms with van der Waals surface area (Å²) < 4.78 is 4.91. The van der Waals surface area contributed by atoms with E-state index in [1.165, 1.54) is 30.8 Å². The van der Waals surface area contributed by atoms with Crippen molar-refractivity contribution in [1.29, 1.82) is 0 Å². The van der Waals surface area contributed by atoms with Gasteiger partial charge in [0.1, 0.15) is 16.7 Å². The predicted octanol–water partition coefficient (Wildman–Crippen LogP) is 1.01. The maximum atomic E-state index is 10.8. The Hall–Kier alpha value is -2.03. The van der Waals surface area contributed by atoms with Crippen LogP contribution in [0.25, 0.3) is 0 Å². The Balaban J connectivity index is 2.44. The van der Waals surface area contributed by atoms with Gasteiger partial charge in [-0.05, 0) is 6.07 Å². The van der Waals surface area contributed by atoms with Crippen LogP contribution in [0.3, 0.4) is 0 Å². The zero-order chi connectivity index (χ0) is 14.4. The number of carboxylic acid groups (broad SMARTS) is 1. The van der Waals surface area contributed by atoms with Gasteiger partial charge in [-0.3, -0.25) is 14.9 Å². The minimum absolute atomic E-state index is 0.142. The molecular formula is C10H12N2O6S. The Kier molecular flexibility index (Phi) is 5.37. The van der Waals surface area contributed by atoms with E-state index in [0.717, 1.165) is 0 Å². The maximum absolute atomic E-state index is 10.8. The number of amides is 1. The van der Waals surface area contributed by atoms with Crippen molar-refractivity contribution in [2.24, 2.45) is 0 Å². The van der Waals surface area contributed by atoms with Crippen molar-refractivity contribution in [1.82, 2.24) is 5.32 Å². The Morgan fingerprint density at radius 2 is 2.26 bits per heavy atom. The summed E-state index contributed by atoms with van der Waals surface area (Å²) in [5.74, 6) is -1.11. The Labute approximate surface area is 112 Å². The van der Waals surface area contributed by atoms with Crippen LogP contribution in [0.1, 0.15) is 12.7 Å². The summed E-state index contributed by atoms with van der Waals surface area (Å²) in [5.41, 5.74) is 0. The van der Waals surface area contributed by atoms with Gasteiger partial charge in [-0.2, -0.15) is 11.8 Å². The van der Waals surface area contributed by atoms with Gasteiger partial charge >= 0.3 is 11.9 Å². The third kappa shape index (κ3) is 5.00. The quantitative estimate of drug-likeness (QED) is 0.567. The SMILES string of the molecule is CC(=O)NC(CSCc1ccc([N+](=O)[O-])o1)C(=O)O. The molecule has 0 radical (unpaired) electrons. The van der Waals surface area contributed by atoms with Crippen LogP contribution in [0, 0.1) is 10.1 Å². The van der Waals surface area contributed by atoms with Crippen LogP contribution in [0.4, 0.5) is 5.88 Å². The largest absolute Gasteiger partial charge is 0.480 e. The molecule has 1 amide bonds. The monoisotopic (exact) mass is 288 g/mol. The molecule has 0 aliphatic heterocycles. The smallest absolute Gasteiger partial charge is 0.433 e. The number of aliphatic carboxylic acids is 1. The standard InChI is InChI=1S/C10H12N2O6S/c1-6(13)11-8(10(14)15)5-19-4-7-2-3-9(18-7)12(16)17/h2-3,8H,4-5H2,1H3,(H,11,13)(H,14,15). The highest BCUT2D eigenvalue weighted by molar-refractivity contribution is 7.98. The molecule has 1 atom stereocenters. The lowest BCUT2D eigenvalue weighted by molar-refractivity contribution is -0.402. The van der Waals surface area contributed by atoms with Crippen molar-refractivity contribution in [2.45, 2.75) is 18.7 Å². The molecule has 2 N–H and O–H groups in total. The molecule has 0 saturated heterocycles. The van der Waals surface area contributed by atoms with Crippen molar-refractivity contribution in [2.75, 3.05) is 5.75 Å². The molecule has 1 rings (SSSR count). The van der Waals surface area contributed by atoms with E-state index >= 15 is 0 Å². The van der Waals surface area contributed by atoms with Crippen molar-refractivity contribution in [3.8, 4) is 0 Å². The summed E-state index contributed by atoms with van der Waals surface area (Å²) in [5, 5.41) is 21.5. The van der Waals surface area contributed by atoms with E-state index in [1.807, 2.05) is 0 Å². The van der Waals surface area contributed by atoms with E-state index in [9.17, 15) is 19.7 Å². The molecule has 1 heterocycles. The van der Waals surface area contributed by atoms with E-state index in [0.29, 0.717) is 5.76 Å². The van der Waals surface area contributed by atoms with E-state index in [-0.39, 0.29) is 17.4 Å². The van der Waals surface area contributed by atoms with Gasteiger partial charge in [0.05, 0.1) is 11.8 Å². The van der Waals surface area contributed by atoms with Crippen LogP contribution in [-0.2, 0) is 15.3 Å². The first kappa shape index (κ1) is 15.0. The van der Waals surface area contributed by atoms with Gasteiger partial charge in [-0.15, -0.1) is 0 Å². The first-order valence-corrected chi connectivity index (χ1v) is 6.36. The fourth-order valence-corrected chi connectivity index (χ4v) is 2.18. The third-order valence-corrected chi connectivity index (χ3v) is 3.09. The number of carbonyl (C=O) groups is 2. The Morgan fingerprint density at radius 1 is 1.58 bits per heavy atom. The number of furan rings is 1. The molecule has 0 saturated carbocycles. The second kappa shape index (κ2) is 6.78. The molecule has 0 aliphatic rings. The second-order valence-corrected chi connectivity index (χ2v) is 4.63. The van der Waals surface area contributed by atoms with Crippen LogP contribution < -0.4 is 5.32 Å². The number of nitro groups is 1. The first-order chi connectivity index (χ1) is 8.90. The van der Waals surface area contributed by atoms with E-state index < -0.39 is 22.8 Å². The van der Waals surface area contributed by atoms with Crippen molar-refractivity contribution < 1.29 is 24.0 Å². The zero-order valence-electron chi connectivity index (χ0n) is 9.99. The van der Waals surface area contributed by atoms with Gasteiger partial charge < -0.3 is 14.8 Å². The number of nitrogens with one attached hydrogen (secondary N) is 1. The molecule has 1 aromatic rings. The molecule has 0 aliphatic carbocycles. The Bertz CT molecular complexity index is 486. The summed E-state index contributed by atoms with van der Waals surface area (Å²) in [6.45, 7) is 1.23. The molecule has 0 aromatic carbocycles. The van der Waals surface area contributed by atoms with Gasteiger partial charge in [-0.1, -0.05) is 0 Å². The molecule has 8 nitrogen and oxygen atoms in total. The van der Waals surface area contributed by atoms with Gasteiger partial charge in [-0.25, -0.2) is 4.79 Å². The van der Waals surface area contributed by atoms with E-state index in [1.54, 1.807) is 0 Å². The molecule has 19 heavy (non-hydrogen) atoms. The van der Waals surface area contributed by atoms with Crippen LogP contribution in [0.5, 0.6) is 0 Å². The zero-order valence-corrected chi connectivity index (χ0v) is 10.8. The maximum Gasteiger partial charge on any atom is 0.433 e. The molecule has 0 spiro atoms. The second-order valence-electron chi connectivity index (χ2n) is 3.60. The first-order valence-electron chi connectivity index (χ1n) is 5.21. The molecule has 104 valence electrons. The van der Waals surface area contributed by atoms with Crippen LogP contribution in [-0.4, -0.2) is 33.7 Å². The number of rotatable bonds is 7. The predicted molar refractivity (Wildman–Crippen MR) is 66.8 cm³/mol. The van der Waals surface area contributed by atoms with Gasteiger partial charge in [0, 0.05) is 12.7 Å². The molecule has 0 bridgehead atoms. The van der Waals surface area contributed by atoms with Crippen molar-refractivity contribution >= 4 is 29.5 Å². The van der Waals surface area contributed by atoms with Crippen molar-refractivity contribution in [3.63, 3.8) is 0 Å². The topological polar surface area (TPSA) is 123 Å². The van der Waals surface area contributed by atoms with Crippen LogP contribution in [0.2, 0.25) is 0 Å². The molecular weight excluding hydrogens is 276 g/mol. The lowest BCUT2D eigenvalue weighted by Crippen LogP contribution is -2.41. The van der Waals surface area contributed by atoms with Gasteiger partial charge in [0.15, 0.2) is 0 Å². The fraction of sp³-hybridized carbons (Fsp3) is 0.400. The van der Waals surface area contributed by atoms with Gasteiger partial charge in [0.2, 0.25) is 5.91 Å². The summed E-state index contributed by atoms with van der Waals surface area (Å²) in [7, 11) is 0. The van der Waals surface area contributed by atoms with Crippen molar-refractivity contribution in [3.05, 3.63) is 28.0 Å². The molecule has 1 unspecified atom stereocenters. The number of nitrogens with zero attached hydrogens (tertiary/aromatic N) is 1. The lowest BCUT2D eigenvalue weighted by Gasteiger charge is -2.11. The average molecular weight is 288 g/mol. The Morgan fingerprint density at radius 3 is 2.74 bits per heavy atom. The molecule has 9 heteroatoms. The number of hydrogen-bond donors (Lipinski definition) is 2. The average Bonchev–Trinajstić information content (AvgIpc) is 2.75. The highest BCUT2D eigenvalue weighted by Gasteiger charge is 2.19. The molecule has 1 aromatic heterocycles. The van der Waals surface area contributed by atoms with Crippen LogP contribution >= 0.6 is 11.8 Å². The number of hydrogen-bond acceptors (Lipinski definition) is 6.